The average molecular weight is 807 g/mol. The normalized spacial score (nSPS) is 20.8. The number of fused-ring (bicyclic) bond motifs is 12. The average Bonchev–Trinajstić information content (AvgIpc) is 3.93. The summed E-state index contributed by atoms with van der Waals surface area (Å²) in [5.74, 6) is 1.15. The van der Waals surface area contributed by atoms with E-state index in [0.717, 1.165) is 39.3 Å². The Balaban J connectivity index is 0.814. The number of rotatable bonds is 4. The third-order valence-corrected chi connectivity index (χ3v) is 16.8. The second-order valence-electron chi connectivity index (χ2n) is 18.8. The summed E-state index contributed by atoms with van der Waals surface area (Å²) < 4.78 is 1.24. The molecule has 2 saturated carbocycles. The second-order valence-corrected chi connectivity index (χ2v) is 19.9. The summed E-state index contributed by atoms with van der Waals surface area (Å²) in [5.41, 5.74) is 20.6. The minimum atomic E-state index is 0.189. The summed E-state index contributed by atoms with van der Waals surface area (Å²) in [6, 6.07) is 43.0. The minimum absolute atomic E-state index is 0.189. The van der Waals surface area contributed by atoms with E-state index in [9.17, 15) is 0 Å². The van der Waals surface area contributed by atoms with Crippen LogP contribution < -0.4 is 0 Å². The van der Waals surface area contributed by atoms with Crippen LogP contribution in [0.2, 0.25) is 0 Å². The lowest BCUT2D eigenvalue weighted by atomic mass is 9.65. The summed E-state index contributed by atoms with van der Waals surface area (Å²) in [5, 5.41) is 2.36. The maximum absolute atomic E-state index is 5.23. The van der Waals surface area contributed by atoms with Crippen molar-refractivity contribution < 1.29 is 0 Å². The highest BCUT2D eigenvalue weighted by Gasteiger charge is 2.51. The number of hydrogen-bond acceptors (Lipinski definition) is 3. The molecule has 13 rings (SSSR count). The number of allylic oxidation sites excluding steroid dienone is 8. The molecule has 0 radical (unpaired) electrons. The van der Waals surface area contributed by atoms with Crippen LogP contribution >= 0.6 is 11.3 Å². The van der Waals surface area contributed by atoms with Crippen molar-refractivity contribution in [2.45, 2.75) is 100 Å². The molecule has 0 N–H and O–H groups in total. The standard InChI is InChI=1S/C58H50N2S/c1-4-14-40(15-5-1)54-53-44-17-7-9-19-52(44)61-56(53)60-55(59-54)41-26-24-38(25-27-41)37-20-22-39(23-21-37)42-28-29-49-45(34-42)47-36-50-46(35-51(47)58(49)32-12-3-13-33-58)43-16-6-8-18-48(43)57(50)30-10-2-11-31-57/h1,4-5,7,9,14-29,35-36,42H,2-3,6,8,10-13,30-34H2. The van der Waals surface area contributed by atoms with Crippen LogP contribution in [0.5, 0.6) is 0 Å². The van der Waals surface area contributed by atoms with E-state index in [1.54, 1.807) is 55.9 Å². The second kappa shape index (κ2) is 13.9. The predicted octanol–water partition coefficient (Wildman–Crippen LogP) is 15.9. The number of hydrogen-bond donors (Lipinski definition) is 0. The van der Waals surface area contributed by atoms with Gasteiger partial charge in [0.25, 0.3) is 0 Å². The molecule has 2 aromatic heterocycles. The van der Waals surface area contributed by atoms with Gasteiger partial charge in [-0.25, -0.2) is 9.97 Å². The van der Waals surface area contributed by atoms with E-state index in [4.69, 9.17) is 9.97 Å². The molecule has 2 heterocycles. The van der Waals surface area contributed by atoms with Gasteiger partial charge in [-0.2, -0.15) is 0 Å². The third-order valence-electron chi connectivity index (χ3n) is 15.7. The molecule has 1 atom stereocenters. The summed E-state index contributed by atoms with van der Waals surface area (Å²) in [4.78, 5) is 11.4. The van der Waals surface area contributed by atoms with E-state index in [1.165, 1.54) is 104 Å². The molecular weight excluding hydrogens is 757 g/mol. The lowest BCUT2D eigenvalue weighted by molar-refractivity contribution is 0.347. The largest absolute Gasteiger partial charge is 0.227 e. The Morgan fingerprint density at radius 3 is 2.02 bits per heavy atom. The van der Waals surface area contributed by atoms with Crippen molar-refractivity contribution in [2.75, 3.05) is 0 Å². The molecular formula is C58H50N2S. The molecule has 61 heavy (non-hydrogen) atoms. The van der Waals surface area contributed by atoms with Crippen LogP contribution in [-0.4, -0.2) is 9.97 Å². The molecule has 2 nitrogen and oxygen atoms in total. The zero-order valence-corrected chi connectivity index (χ0v) is 35.7. The summed E-state index contributed by atoms with van der Waals surface area (Å²) >= 11 is 1.75. The SMILES string of the molecule is C1=CC(c2ccc(-c3ccc(-c4nc(-c5ccccc5)c5c(n4)sc4ccccc45)cc3)cc2)CC2=C1C1(CCCCC1)c1cc3c(cc12)C1(CCCCC1)C1=CCCC=C13. The van der Waals surface area contributed by atoms with E-state index >= 15 is 0 Å². The fourth-order valence-electron chi connectivity index (χ4n) is 12.9. The Bertz CT molecular complexity index is 3030. The lowest BCUT2D eigenvalue weighted by Gasteiger charge is -2.38. The minimum Gasteiger partial charge on any atom is -0.227 e. The molecule has 0 aliphatic heterocycles. The Morgan fingerprint density at radius 1 is 0.574 bits per heavy atom. The van der Waals surface area contributed by atoms with Gasteiger partial charge in [-0.05, 0) is 124 Å². The molecule has 6 aliphatic carbocycles. The first-order valence-corrected chi connectivity index (χ1v) is 24.0. The molecule has 0 saturated heterocycles. The Kier molecular flexibility index (Phi) is 8.24. The van der Waals surface area contributed by atoms with E-state index in [1.807, 2.05) is 0 Å². The van der Waals surface area contributed by atoms with Gasteiger partial charge in [0.05, 0.1) is 5.69 Å². The van der Waals surface area contributed by atoms with Crippen LogP contribution in [0.4, 0.5) is 0 Å². The van der Waals surface area contributed by atoms with Gasteiger partial charge in [-0.3, -0.25) is 0 Å². The van der Waals surface area contributed by atoms with E-state index in [2.05, 4.69) is 140 Å². The van der Waals surface area contributed by atoms with Crippen LogP contribution in [0.1, 0.15) is 117 Å². The molecule has 298 valence electrons. The van der Waals surface area contributed by atoms with Crippen LogP contribution in [0, 0.1) is 0 Å². The molecule has 2 spiro atoms. The van der Waals surface area contributed by atoms with Crippen LogP contribution in [-0.2, 0) is 10.8 Å². The van der Waals surface area contributed by atoms with Crippen LogP contribution in [0.25, 0.3) is 65.2 Å². The van der Waals surface area contributed by atoms with E-state index in [-0.39, 0.29) is 10.8 Å². The van der Waals surface area contributed by atoms with Crippen molar-refractivity contribution in [3.63, 3.8) is 0 Å². The summed E-state index contributed by atoms with van der Waals surface area (Å²) in [6.45, 7) is 0. The van der Waals surface area contributed by atoms with Crippen molar-refractivity contribution >= 4 is 42.8 Å². The highest BCUT2D eigenvalue weighted by Crippen LogP contribution is 2.63. The Morgan fingerprint density at radius 2 is 1.23 bits per heavy atom. The fraction of sp³-hybridized carbons (Fsp3) is 0.276. The first kappa shape index (κ1) is 36.1. The smallest absolute Gasteiger partial charge is 0.161 e. The van der Waals surface area contributed by atoms with Gasteiger partial charge in [0, 0.05) is 43.3 Å². The van der Waals surface area contributed by atoms with E-state index < -0.39 is 0 Å². The molecule has 3 heteroatoms. The summed E-state index contributed by atoms with van der Waals surface area (Å²) in [6.07, 6.45) is 27.3. The van der Waals surface area contributed by atoms with Gasteiger partial charge >= 0.3 is 0 Å². The van der Waals surface area contributed by atoms with Gasteiger partial charge in [-0.1, -0.05) is 160 Å². The quantitative estimate of drug-likeness (QED) is 0.177. The molecule has 5 aromatic carbocycles. The number of thiophene rings is 1. The maximum Gasteiger partial charge on any atom is 0.161 e. The van der Waals surface area contributed by atoms with Crippen molar-refractivity contribution in [3.8, 4) is 33.8 Å². The molecule has 2 fully saturated rings. The monoisotopic (exact) mass is 806 g/mol. The van der Waals surface area contributed by atoms with Crippen molar-refractivity contribution in [1.29, 1.82) is 0 Å². The maximum atomic E-state index is 5.23. The molecule has 0 bridgehead atoms. The lowest BCUT2D eigenvalue weighted by Crippen LogP contribution is -2.30. The van der Waals surface area contributed by atoms with Crippen molar-refractivity contribution in [2.24, 2.45) is 0 Å². The van der Waals surface area contributed by atoms with E-state index in [0.29, 0.717) is 5.92 Å². The Hall–Kier alpha value is -5.64. The highest BCUT2D eigenvalue weighted by atomic mass is 32.1. The highest BCUT2D eigenvalue weighted by molar-refractivity contribution is 7.25. The molecule has 6 aliphatic rings. The number of nitrogens with zero attached hydrogens (tertiary/aromatic N) is 2. The van der Waals surface area contributed by atoms with Crippen LogP contribution in [0.15, 0.2) is 151 Å². The van der Waals surface area contributed by atoms with Gasteiger partial charge in [0.15, 0.2) is 5.82 Å². The number of aromatic nitrogens is 2. The predicted molar refractivity (Wildman–Crippen MR) is 256 cm³/mol. The van der Waals surface area contributed by atoms with Gasteiger partial charge in [0.2, 0.25) is 0 Å². The van der Waals surface area contributed by atoms with Gasteiger partial charge in [0.1, 0.15) is 4.83 Å². The fourth-order valence-corrected chi connectivity index (χ4v) is 13.9. The Labute approximate surface area is 363 Å². The first-order chi connectivity index (χ1) is 30.2. The molecule has 1 unspecified atom stereocenters. The van der Waals surface area contributed by atoms with Gasteiger partial charge in [-0.15, -0.1) is 11.3 Å². The molecule has 7 aromatic rings. The van der Waals surface area contributed by atoms with Crippen molar-refractivity contribution in [1.82, 2.24) is 9.97 Å². The van der Waals surface area contributed by atoms with Crippen LogP contribution in [0.3, 0.4) is 0 Å². The summed E-state index contributed by atoms with van der Waals surface area (Å²) in [7, 11) is 0. The zero-order chi connectivity index (χ0) is 40.1. The first-order valence-electron chi connectivity index (χ1n) is 23.2. The topological polar surface area (TPSA) is 25.8 Å². The third kappa shape index (κ3) is 5.45. The molecule has 0 amide bonds. The van der Waals surface area contributed by atoms with Gasteiger partial charge < -0.3 is 0 Å². The zero-order valence-electron chi connectivity index (χ0n) is 34.9. The number of benzene rings is 5. The van der Waals surface area contributed by atoms with Crippen molar-refractivity contribution in [3.05, 3.63) is 179 Å².